The van der Waals surface area contributed by atoms with Crippen molar-refractivity contribution in [2.24, 2.45) is 7.05 Å². The number of hydrogen-bond acceptors (Lipinski definition) is 4. The first-order chi connectivity index (χ1) is 8.87. The number of likely N-dealkylation sites (N-methyl/N-ethyl adjacent to an activating group) is 1. The number of halogens is 1. The normalized spacial score (nSPS) is 15.6. The molecule has 1 aliphatic heterocycles. The van der Waals surface area contributed by atoms with E-state index in [4.69, 9.17) is 0 Å². The molecule has 1 fully saturated rings. The second kappa shape index (κ2) is 6.13. The van der Waals surface area contributed by atoms with Crippen molar-refractivity contribution in [2.45, 2.75) is 10.9 Å². The van der Waals surface area contributed by atoms with Gasteiger partial charge in [0.05, 0.1) is 0 Å². The van der Waals surface area contributed by atoms with E-state index in [1.165, 1.54) is 28.2 Å². The Morgan fingerprint density at radius 3 is 2.55 bits per heavy atom. The van der Waals surface area contributed by atoms with E-state index in [0.717, 1.165) is 0 Å². The van der Waals surface area contributed by atoms with Crippen molar-refractivity contribution in [2.75, 3.05) is 27.2 Å². The number of carbonyl (C=O) groups excluding carboxylic acids is 1. The first-order valence-corrected chi connectivity index (χ1v) is 7.39. The Hall–Kier alpha value is -1.09. The molecule has 2 heterocycles. The highest BCUT2D eigenvalue weighted by Crippen LogP contribution is 2.20. The molecule has 0 aliphatic carbocycles. The molecule has 0 spiro atoms. The molecule has 0 radical (unpaired) electrons. The molecule has 7 nitrogen and oxygen atoms in total. The number of rotatable bonds is 4. The molecule has 9 heteroatoms. The summed E-state index contributed by atoms with van der Waals surface area (Å²) in [6.45, 7) is 1.32. The molecule has 0 aromatic carbocycles. The third-order valence-electron chi connectivity index (χ3n) is 3.39. The predicted octanol–water partition coefficient (Wildman–Crippen LogP) is -0.601. The molecule has 2 N–H and O–H groups in total. The monoisotopic (exact) mass is 322 g/mol. The number of hydrogen-bond donors (Lipinski definition) is 2. The number of nitrogens with zero attached hydrogens (tertiary/aromatic N) is 2. The Kier molecular flexibility index (Phi) is 5.20. The molecule has 0 saturated carbocycles. The van der Waals surface area contributed by atoms with Crippen LogP contribution < -0.4 is 10.6 Å². The summed E-state index contributed by atoms with van der Waals surface area (Å²) in [5, 5.41) is 5.52. The smallest absolute Gasteiger partial charge is 0.267 e. The van der Waals surface area contributed by atoms with Crippen LogP contribution in [0.15, 0.2) is 17.2 Å². The number of carbonyl (C=O) groups is 1. The summed E-state index contributed by atoms with van der Waals surface area (Å²) in [7, 11) is 1.17. The zero-order valence-electron chi connectivity index (χ0n) is 11.6. The maximum absolute atomic E-state index is 12.4. The molecule has 1 amide bonds. The number of nitrogens with one attached hydrogen (secondary N) is 2. The lowest BCUT2D eigenvalue weighted by Gasteiger charge is -2.34. The zero-order valence-corrected chi connectivity index (χ0v) is 13.2. The van der Waals surface area contributed by atoms with Crippen LogP contribution in [0.1, 0.15) is 10.5 Å². The van der Waals surface area contributed by atoms with Crippen LogP contribution in [-0.2, 0) is 17.1 Å². The fourth-order valence-corrected chi connectivity index (χ4v) is 3.35. The van der Waals surface area contributed by atoms with Crippen LogP contribution in [0.3, 0.4) is 0 Å². The number of aromatic nitrogens is 1. The first-order valence-electron chi connectivity index (χ1n) is 5.95. The van der Waals surface area contributed by atoms with Crippen LogP contribution in [0.5, 0.6) is 0 Å². The minimum absolute atomic E-state index is 0. The largest absolute Gasteiger partial charge is 0.354 e. The number of amides is 1. The van der Waals surface area contributed by atoms with Gasteiger partial charge in [-0.3, -0.25) is 4.79 Å². The Bertz CT molecular complexity index is 595. The highest BCUT2D eigenvalue weighted by molar-refractivity contribution is 7.89. The molecule has 114 valence electrons. The van der Waals surface area contributed by atoms with Crippen molar-refractivity contribution in [3.63, 3.8) is 0 Å². The minimum atomic E-state index is -3.55. The highest BCUT2D eigenvalue weighted by Gasteiger charge is 2.32. The van der Waals surface area contributed by atoms with Crippen LogP contribution >= 0.6 is 12.4 Å². The van der Waals surface area contributed by atoms with E-state index in [0.29, 0.717) is 18.8 Å². The third kappa shape index (κ3) is 2.83. The molecule has 1 aromatic heterocycles. The first kappa shape index (κ1) is 17.0. The van der Waals surface area contributed by atoms with Crippen LogP contribution in [0, 0.1) is 0 Å². The lowest BCUT2D eigenvalue weighted by atomic mass is 10.2. The molecule has 1 aromatic rings. The summed E-state index contributed by atoms with van der Waals surface area (Å²) in [5.74, 6) is -0.308. The topological polar surface area (TPSA) is 83.4 Å². The van der Waals surface area contributed by atoms with E-state index in [9.17, 15) is 13.2 Å². The minimum Gasteiger partial charge on any atom is -0.354 e. The van der Waals surface area contributed by atoms with Crippen LogP contribution in [0.25, 0.3) is 0 Å². The molecule has 0 atom stereocenters. The summed E-state index contributed by atoms with van der Waals surface area (Å²) in [5.41, 5.74) is 0.321. The number of sulfonamides is 1. The molecule has 1 saturated heterocycles. The summed E-state index contributed by atoms with van der Waals surface area (Å²) < 4.78 is 27.7. The van der Waals surface area contributed by atoms with Crippen molar-refractivity contribution < 1.29 is 13.2 Å². The Morgan fingerprint density at radius 1 is 1.50 bits per heavy atom. The summed E-state index contributed by atoms with van der Waals surface area (Å²) in [4.78, 5) is 11.7. The lowest BCUT2D eigenvalue weighted by molar-refractivity contribution is 0.0955. The van der Waals surface area contributed by atoms with E-state index < -0.39 is 10.0 Å². The van der Waals surface area contributed by atoms with Gasteiger partial charge in [-0.05, 0) is 6.07 Å². The van der Waals surface area contributed by atoms with Gasteiger partial charge < -0.3 is 15.2 Å². The maximum Gasteiger partial charge on any atom is 0.267 e. The van der Waals surface area contributed by atoms with Gasteiger partial charge in [0.15, 0.2) is 0 Å². The fraction of sp³-hybridized carbons (Fsp3) is 0.545. The summed E-state index contributed by atoms with van der Waals surface area (Å²) in [6.07, 6.45) is 1.46. The lowest BCUT2D eigenvalue weighted by Crippen LogP contribution is -2.57. The summed E-state index contributed by atoms with van der Waals surface area (Å²) in [6, 6.07) is 1.38. The Morgan fingerprint density at radius 2 is 2.10 bits per heavy atom. The van der Waals surface area contributed by atoms with Crippen LogP contribution in [-0.4, -0.2) is 56.4 Å². The van der Waals surface area contributed by atoms with Gasteiger partial charge in [0.1, 0.15) is 10.6 Å². The van der Waals surface area contributed by atoms with Gasteiger partial charge in [-0.15, -0.1) is 12.4 Å². The predicted molar refractivity (Wildman–Crippen MR) is 77.7 cm³/mol. The van der Waals surface area contributed by atoms with E-state index in [1.54, 1.807) is 14.1 Å². The maximum atomic E-state index is 12.4. The van der Waals surface area contributed by atoms with Crippen molar-refractivity contribution >= 4 is 28.3 Å². The molecular formula is C11H19ClN4O3S. The Balaban J connectivity index is 0.00000200. The van der Waals surface area contributed by atoms with Gasteiger partial charge in [-0.25, -0.2) is 8.42 Å². The molecule has 0 bridgehead atoms. The molecule has 1 aliphatic rings. The van der Waals surface area contributed by atoms with Crippen molar-refractivity contribution in [3.05, 3.63) is 18.0 Å². The second-order valence-corrected chi connectivity index (χ2v) is 6.58. The molecule has 0 unspecified atom stereocenters. The molecular weight excluding hydrogens is 304 g/mol. The van der Waals surface area contributed by atoms with Crippen molar-refractivity contribution in [1.29, 1.82) is 0 Å². The second-order valence-electron chi connectivity index (χ2n) is 4.58. The number of aryl methyl sites for hydroxylation is 1. The van der Waals surface area contributed by atoms with Gasteiger partial charge in [0.2, 0.25) is 10.0 Å². The average Bonchev–Trinajstić information content (AvgIpc) is 2.68. The molecule has 2 rings (SSSR count). The van der Waals surface area contributed by atoms with Crippen LogP contribution in [0.2, 0.25) is 0 Å². The van der Waals surface area contributed by atoms with Gasteiger partial charge >= 0.3 is 0 Å². The van der Waals surface area contributed by atoms with Crippen molar-refractivity contribution in [3.8, 4) is 0 Å². The van der Waals surface area contributed by atoms with Gasteiger partial charge in [-0.1, -0.05) is 0 Å². The van der Waals surface area contributed by atoms with Crippen LogP contribution in [0.4, 0.5) is 0 Å². The highest BCUT2D eigenvalue weighted by atomic mass is 35.5. The standard InChI is InChI=1S/C11H18N4O3S.ClH/c1-12-11(16)10-4-9(7-14(10)2)19(17,18)15(3)8-5-13-6-8;/h4,7-8,13H,5-6H2,1-3H3,(H,12,16);1H. The third-order valence-corrected chi connectivity index (χ3v) is 5.27. The quantitative estimate of drug-likeness (QED) is 0.775. The molecule has 20 heavy (non-hydrogen) atoms. The average molecular weight is 323 g/mol. The van der Waals surface area contributed by atoms with E-state index >= 15 is 0 Å². The van der Waals surface area contributed by atoms with Gasteiger partial charge in [0.25, 0.3) is 5.91 Å². The Labute approximate surface area is 124 Å². The fourth-order valence-electron chi connectivity index (χ4n) is 1.92. The SMILES string of the molecule is CNC(=O)c1cc(S(=O)(=O)N(C)C2CNC2)cn1C.Cl. The van der Waals surface area contributed by atoms with Crippen molar-refractivity contribution in [1.82, 2.24) is 19.5 Å². The van der Waals surface area contributed by atoms with E-state index in [2.05, 4.69) is 10.6 Å². The van der Waals surface area contributed by atoms with E-state index in [-0.39, 0.29) is 29.3 Å². The summed E-state index contributed by atoms with van der Waals surface area (Å²) >= 11 is 0. The van der Waals surface area contributed by atoms with Gasteiger partial charge in [0, 0.05) is 46.5 Å². The van der Waals surface area contributed by atoms with E-state index in [1.807, 2.05) is 0 Å². The zero-order chi connectivity index (χ0) is 14.2. The van der Waals surface area contributed by atoms with Gasteiger partial charge in [-0.2, -0.15) is 4.31 Å².